The summed E-state index contributed by atoms with van der Waals surface area (Å²) in [7, 11) is -0.268. The van der Waals surface area contributed by atoms with E-state index in [2.05, 4.69) is 10.3 Å². The molecule has 0 radical (unpaired) electrons. The second-order valence-corrected chi connectivity index (χ2v) is 6.51. The van der Waals surface area contributed by atoms with Crippen molar-refractivity contribution in [1.82, 2.24) is 9.62 Å². The Morgan fingerprint density at radius 2 is 2.35 bits per heavy atom. The zero-order chi connectivity index (χ0) is 12.9. The van der Waals surface area contributed by atoms with Crippen LogP contribution in [0.5, 0.6) is 0 Å². The molecule has 0 aliphatic rings. The molecule has 0 spiro atoms. The number of aliphatic imine (C=N–C) groups is 1. The molecule has 0 saturated carbocycles. The number of hydrogen-bond acceptors (Lipinski definition) is 4. The summed E-state index contributed by atoms with van der Waals surface area (Å²) in [6.45, 7) is 0.751. The normalized spacial score (nSPS) is 13.0. The molecule has 3 N–H and O–H groups in total. The number of nitrogens with two attached hydrogens (primary N) is 1. The van der Waals surface area contributed by atoms with Crippen LogP contribution in [0.4, 0.5) is 0 Å². The number of thiophene rings is 1. The highest BCUT2D eigenvalue weighted by Crippen LogP contribution is 2.19. The Kier molecular flexibility index (Phi) is 4.91. The first kappa shape index (κ1) is 13.9. The van der Waals surface area contributed by atoms with Crippen LogP contribution in [0.2, 0.25) is 0 Å². The van der Waals surface area contributed by atoms with Gasteiger partial charge in [-0.3, -0.25) is 4.99 Å². The topological polar surface area (TPSA) is 87.8 Å². The average molecular weight is 276 g/mol. The molecule has 17 heavy (non-hydrogen) atoms. The van der Waals surface area contributed by atoms with Gasteiger partial charge in [-0.1, -0.05) is 6.07 Å². The molecular weight excluding hydrogens is 260 g/mol. The lowest BCUT2D eigenvalue weighted by molar-refractivity contribution is 0.472. The molecule has 0 aromatic carbocycles. The molecule has 0 aliphatic heterocycles. The zero-order valence-electron chi connectivity index (χ0n) is 9.75. The van der Waals surface area contributed by atoms with E-state index in [1.165, 1.54) is 22.7 Å². The number of rotatable bonds is 5. The van der Waals surface area contributed by atoms with Gasteiger partial charge in [0.15, 0.2) is 5.96 Å². The van der Waals surface area contributed by atoms with Crippen LogP contribution < -0.4 is 11.1 Å². The smallest absolute Gasteiger partial charge is 0.252 e. The van der Waals surface area contributed by atoms with Gasteiger partial charge in [-0.25, -0.2) is 8.42 Å². The standard InChI is InChI=1S/C9H16N4O2S2/c1-11-9(10)12-5-6-13(2)17(14,15)8-4-3-7-16-8/h3-4,7H,5-6H2,1-2H3,(H3,10,11,12). The third-order valence-electron chi connectivity index (χ3n) is 2.13. The molecule has 0 atom stereocenters. The largest absolute Gasteiger partial charge is 0.370 e. The molecule has 8 heteroatoms. The van der Waals surface area contributed by atoms with Gasteiger partial charge in [-0.15, -0.1) is 11.3 Å². The van der Waals surface area contributed by atoms with Gasteiger partial charge in [0.05, 0.1) is 0 Å². The quantitative estimate of drug-likeness (QED) is 0.581. The molecule has 0 amide bonds. The van der Waals surface area contributed by atoms with Gasteiger partial charge in [0.25, 0.3) is 10.0 Å². The highest BCUT2D eigenvalue weighted by molar-refractivity contribution is 7.91. The van der Waals surface area contributed by atoms with Gasteiger partial charge < -0.3 is 11.1 Å². The Bertz CT molecular complexity index is 467. The monoisotopic (exact) mass is 276 g/mol. The minimum absolute atomic E-state index is 0.298. The first-order valence-electron chi connectivity index (χ1n) is 4.94. The van der Waals surface area contributed by atoms with Crippen LogP contribution >= 0.6 is 11.3 Å². The van der Waals surface area contributed by atoms with Crippen molar-refractivity contribution in [2.45, 2.75) is 4.21 Å². The van der Waals surface area contributed by atoms with Crippen LogP contribution in [0, 0.1) is 0 Å². The lowest BCUT2D eigenvalue weighted by atomic mass is 10.6. The van der Waals surface area contributed by atoms with E-state index in [0.29, 0.717) is 23.3 Å². The third-order valence-corrected chi connectivity index (χ3v) is 5.36. The zero-order valence-corrected chi connectivity index (χ0v) is 11.4. The molecule has 0 fully saturated rings. The van der Waals surface area contributed by atoms with E-state index in [4.69, 9.17) is 5.73 Å². The lowest BCUT2D eigenvalue weighted by Gasteiger charge is -2.16. The Balaban J connectivity index is 2.56. The van der Waals surface area contributed by atoms with Crippen LogP contribution in [0.3, 0.4) is 0 Å². The summed E-state index contributed by atoms with van der Waals surface area (Å²) < 4.78 is 25.6. The first-order valence-corrected chi connectivity index (χ1v) is 7.26. The summed E-state index contributed by atoms with van der Waals surface area (Å²) >= 11 is 1.20. The highest BCUT2D eigenvalue weighted by Gasteiger charge is 2.20. The van der Waals surface area contributed by atoms with E-state index < -0.39 is 10.0 Å². The Morgan fingerprint density at radius 3 is 2.88 bits per heavy atom. The van der Waals surface area contributed by atoms with E-state index in [1.54, 1.807) is 24.6 Å². The molecular formula is C9H16N4O2S2. The molecule has 1 rings (SSSR count). The van der Waals surface area contributed by atoms with Crippen LogP contribution in [0.15, 0.2) is 26.7 Å². The number of hydrogen-bond donors (Lipinski definition) is 2. The minimum Gasteiger partial charge on any atom is -0.370 e. The maximum Gasteiger partial charge on any atom is 0.252 e. The number of nitrogens with zero attached hydrogens (tertiary/aromatic N) is 2. The molecule has 96 valence electrons. The Hall–Kier alpha value is -1.12. The first-order chi connectivity index (χ1) is 7.98. The van der Waals surface area contributed by atoms with E-state index in [0.717, 1.165) is 0 Å². The summed E-state index contributed by atoms with van der Waals surface area (Å²) in [5.41, 5.74) is 5.44. The number of guanidine groups is 1. The average Bonchev–Trinajstić information content (AvgIpc) is 2.82. The van der Waals surface area contributed by atoms with E-state index in [9.17, 15) is 8.42 Å². The van der Waals surface area contributed by atoms with Gasteiger partial charge in [0, 0.05) is 27.2 Å². The van der Waals surface area contributed by atoms with Crippen molar-refractivity contribution < 1.29 is 8.42 Å². The summed E-state index contributed by atoms with van der Waals surface area (Å²) in [5.74, 6) is 0.298. The molecule has 1 aromatic heterocycles. The van der Waals surface area contributed by atoms with Crippen molar-refractivity contribution in [3.8, 4) is 0 Å². The van der Waals surface area contributed by atoms with Crippen LogP contribution in [0.25, 0.3) is 0 Å². The van der Waals surface area contributed by atoms with Gasteiger partial charge in [0.2, 0.25) is 0 Å². The van der Waals surface area contributed by atoms with Gasteiger partial charge in [0.1, 0.15) is 4.21 Å². The van der Waals surface area contributed by atoms with Crippen LogP contribution in [0.1, 0.15) is 0 Å². The Labute approximate surface area is 105 Å². The van der Waals surface area contributed by atoms with E-state index in [1.807, 2.05) is 0 Å². The predicted octanol–water partition coefficient (Wildman–Crippen LogP) is -0.0973. The summed E-state index contributed by atoms with van der Waals surface area (Å²) in [6.07, 6.45) is 0. The molecule has 0 bridgehead atoms. The molecule has 0 saturated heterocycles. The maximum absolute atomic E-state index is 12.0. The minimum atomic E-state index is -3.37. The summed E-state index contributed by atoms with van der Waals surface area (Å²) in [6, 6.07) is 3.30. The SMILES string of the molecule is CN=C(N)NCCN(C)S(=O)(=O)c1cccs1. The van der Waals surface area contributed by atoms with Crippen molar-refractivity contribution >= 4 is 27.3 Å². The van der Waals surface area contributed by atoms with Crippen molar-refractivity contribution in [2.75, 3.05) is 27.2 Å². The third kappa shape index (κ3) is 3.69. The lowest BCUT2D eigenvalue weighted by Crippen LogP contribution is -2.39. The molecule has 0 aliphatic carbocycles. The van der Waals surface area contributed by atoms with E-state index in [-0.39, 0.29) is 0 Å². The van der Waals surface area contributed by atoms with Gasteiger partial charge in [-0.05, 0) is 11.4 Å². The predicted molar refractivity (Wildman–Crippen MR) is 69.7 cm³/mol. The summed E-state index contributed by atoms with van der Waals surface area (Å²) in [5, 5.41) is 4.54. The fraction of sp³-hybridized carbons (Fsp3) is 0.444. The second kappa shape index (κ2) is 5.99. The fourth-order valence-corrected chi connectivity index (χ4v) is 3.48. The highest BCUT2D eigenvalue weighted by atomic mass is 32.2. The van der Waals surface area contributed by atoms with Gasteiger partial charge in [-0.2, -0.15) is 4.31 Å². The van der Waals surface area contributed by atoms with Crippen LogP contribution in [-0.2, 0) is 10.0 Å². The molecule has 1 heterocycles. The molecule has 1 aromatic rings. The van der Waals surface area contributed by atoms with Crippen molar-refractivity contribution in [2.24, 2.45) is 10.7 Å². The van der Waals surface area contributed by atoms with Crippen molar-refractivity contribution in [3.63, 3.8) is 0 Å². The maximum atomic E-state index is 12.0. The second-order valence-electron chi connectivity index (χ2n) is 3.29. The number of sulfonamides is 1. The molecule has 0 unspecified atom stereocenters. The van der Waals surface area contributed by atoms with E-state index >= 15 is 0 Å². The fourth-order valence-electron chi connectivity index (χ4n) is 1.10. The number of likely N-dealkylation sites (N-methyl/N-ethyl adjacent to an activating group) is 1. The van der Waals surface area contributed by atoms with Crippen molar-refractivity contribution in [1.29, 1.82) is 0 Å². The van der Waals surface area contributed by atoms with Crippen LogP contribution in [-0.4, -0.2) is 45.9 Å². The molecule has 6 nitrogen and oxygen atoms in total. The summed E-state index contributed by atoms with van der Waals surface area (Å²) in [4.78, 5) is 3.71. The van der Waals surface area contributed by atoms with Gasteiger partial charge >= 0.3 is 0 Å². The Morgan fingerprint density at radius 1 is 1.65 bits per heavy atom. The van der Waals surface area contributed by atoms with Crippen molar-refractivity contribution in [3.05, 3.63) is 17.5 Å². The number of nitrogens with one attached hydrogen (secondary N) is 1.